The number of fused-ring (bicyclic) bond motifs is 2. The van der Waals surface area contributed by atoms with Gasteiger partial charge in [0.25, 0.3) is 17.7 Å². The molecule has 2 aromatic rings. The van der Waals surface area contributed by atoms with Gasteiger partial charge in [0.15, 0.2) is 0 Å². The molecule has 4 aliphatic rings. The van der Waals surface area contributed by atoms with Gasteiger partial charge in [-0.2, -0.15) is 0 Å². The van der Waals surface area contributed by atoms with Gasteiger partial charge < -0.3 is 4.90 Å². The fourth-order valence-electron chi connectivity index (χ4n) is 5.58. The number of carbonyl (C=O) groups is 3. The molecule has 2 aliphatic heterocycles. The van der Waals surface area contributed by atoms with Crippen molar-refractivity contribution >= 4 is 29.1 Å². The summed E-state index contributed by atoms with van der Waals surface area (Å²) < 4.78 is 0. The molecule has 0 fully saturated rings. The average Bonchev–Trinajstić information content (AvgIpc) is 3.11. The van der Waals surface area contributed by atoms with E-state index in [0.29, 0.717) is 48.3 Å². The zero-order valence-corrected chi connectivity index (χ0v) is 21.2. The van der Waals surface area contributed by atoms with E-state index in [4.69, 9.17) is 4.99 Å². The molecule has 6 rings (SSSR count). The van der Waals surface area contributed by atoms with Crippen molar-refractivity contribution < 1.29 is 14.4 Å². The summed E-state index contributed by atoms with van der Waals surface area (Å²) in [7, 11) is 0. The highest BCUT2D eigenvalue weighted by Crippen LogP contribution is 2.33. The van der Waals surface area contributed by atoms with E-state index in [2.05, 4.69) is 30.4 Å². The minimum absolute atomic E-state index is 0.0547. The Morgan fingerprint density at radius 1 is 0.789 bits per heavy atom. The Morgan fingerprint density at radius 2 is 1.50 bits per heavy atom. The lowest BCUT2D eigenvalue weighted by atomic mass is 9.90. The third-order valence-corrected chi connectivity index (χ3v) is 7.55. The molecule has 2 aromatic carbocycles. The van der Waals surface area contributed by atoms with Crippen LogP contribution in [-0.4, -0.2) is 46.3 Å². The molecule has 0 spiro atoms. The molecule has 6 heteroatoms. The first-order chi connectivity index (χ1) is 18.6. The molecule has 0 saturated carbocycles. The van der Waals surface area contributed by atoms with Crippen molar-refractivity contribution in [3.8, 4) is 0 Å². The van der Waals surface area contributed by atoms with Crippen molar-refractivity contribution in [2.24, 2.45) is 4.99 Å². The molecule has 0 N–H and O–H groups in total. The van der Waals surface area contributed by atoms with Crippen LogP contribution in [0.2, 0.25) is 0 Å². The van der Waals surface area contributed by atoms with Crippen molar-refractivity contribution in [1.82, 2.24) is 9.80 Å². The van der Waals surface area contributed by atoms with Gasteiger partial charge in [0.2, 0.25) is 0 Å². The fraction of sp³-hybridized carbons (Fsp3) is 0.250. The summed E-state index contributed by atoms with van der Waals surface area (Å²) >= 11 is 0. The van der Waals surface area contributed by atoms with E-state index in [1.807, 2.05) is 29.2 Å². The monoisotopic (exact) mass is 503 g/mol. The van der Waals surface area contributed by atoms with Crippen molar-refractivity contribution in [3.05, 3.63) is 112 Å². The quantitative estimate of drug-likeness (QED) is 0.443. The largest absolute Gasteiger partial charge is 0.303 e. The van der Waals surface area contributed by atoms with Gasteiger partial charge in [-0.15, -0.1) is 0 Å². The molecule has 6 nitrogen and oxygen atoms in total. The maximum atomic E-state index is 13.7. The predicted octanol–water partition coefficient (Wildman–Crippen LogP) is 6.17. The summed E-state index contributed by atoms with van der Waals surface area (Å²) in [5.74, 6) is -0.541. The number of nitrogens with zero attached hydrogens (tertiary/aromatic N) is 3. The van der Waals surface area contributed by atoms with Crippen LogP contribution in [-0.2, 0) is 0 Å². The highest BCUT2D eigenvalue weighted by Gasteiger charge is 2.35. The van der Waals surface area contributed by atoms with Gasteiger partial charge in [-0.1, -0.05) is 48.6 Å². The molecule has 3 amide bonds. The van der Waals surface area contributed by atoms with Gasteiger partial charge in [0, 0.05) is 18.0 Å². The minimum atomic E-state index is -0.243. The Hall–Kier alpha value is -4.32. The summed E-state index contributed by atoms with van der Waals surface area (Å²) in [6.45, 7) is 0.694. The molecule has 190 valence electrons. The Labute approximate surface area is 222 Å². The van der Waals surface area contributed by atoms with Crippen LogP contribution < -0.4 is 0 Å². The predicted molar refractivity (Wildman–Crippen MR) is 147 cm³/mol. The summed E-state index contributed by atoms with van der Waals surface area (Å²) in [4.78, 5) is 47.3. The van der Waals surface area contributed by atoms with Crippen LogP contribution >= 0.6 is 0 Å². The first kappa shape index (κ1) is 24.0. The van der Waals surface area contributed by atoms with Crippen LogP contribution in [0.4, 0.5) is 5.69 Å². The topological polar surface area (TPSA) is 70.0 Å². The lowest BCUT2D eigenvalue weighted by Gasteiger charge is -2.27. The van der Waals surface area contributed by atoms with Crippen molar-refractivity contribution in [2.75, 3.05) is 13.1 Å². The van der Waals surface area contributed by atoms with Gasteiger partial charge in [0.05, 0.1) is 28.9 Å². The van der Waals surface area contributed by atoms with Crippen LogP contribution in [0.1, 0.15) is 69.6 Å². The van der Waals surface area contributed by atoms with Gasteiger partial charge >= 0.3 is 0 Å². The van der Waals surface area contributed by atoms with Crippen LogP contribution in [0.3, 0.4) is 0 Å². The molecule has 2 aliphatic carbocycles. The summed E-state index contributed by atoms with van der Waals surface area (Å²) in [5.41, 5.74) is 6.59. The molecule has 0 radical (unpaired) electrons. The Balaban J connectivity index is 1.22. The number of amides is 3. The molecule has 0 atom stereocenters. The first-order valence-corrected chi connectivity index (χ1v) is 13.3. The molecule has 0 bridgehead atoms. The molecule has 0 unspecified atom stereocenters. The zero-order valence-electron chi connectivity index (χ0n) is 21.2. The van der Waals surface area contributed by atoms with Gasteiger partial charge in [-0.3, -0.25) is 24.3 Å². The summed E-state index contributed by atoms with van der Waals surface area (Å²) in [6.07, 6.45) is 15.9. The maximum Gasteiger partial charge on any atom is 0.261 e. The highest BCUT2D eigenvalue weighted by molar-refractivity contribution is 6.21. The number of hydrogen-bond acceptors (Lipinski definition) is 4. The number of hydrogen-bond donors (Lipinski definition) is 0. The molecular weight excluding hydrogens is 474 g/mol. The molecule has 0 aromatic heterocycles. The Bertz CT molecular complexity index is 1460. The fourth-order valence-corrected chi connectivity index (χ4v) is 5.58. The van der Waals surface area contributed by atoms with E-state index in [9.17, 15) is 14.4 Å². The van der Waals surface area contributed by atoms with Crippen LogP contribution in [0.5, 0.6) is 0 Å². The third kappa shape index (κ3) is 4.47. The Morgan fingerprint density at radius 3 is 2.24 bits per heavy atom. The maximum absolute atomic E-state index is 13.7. The van der Waals surface area contributed by atoms with Gasteiger partial charge in [0.1, 0.15) is 0 Å². The number of imide groups is 1. The molecular formula is C32H29N3O3. The second-order valence-electron chi connectivity index (χ2n) is 9.99. The van der Waals surface area contributed by atoms with Crippen molar-refractivity contribution in [3.63, 3.8) is 0 Å². The van der Waals surface area contributed by atoms with Gasteiger partial charge in [-0.25, -0.2) is 0 Å². The van der Waals surface area contributed by atoms with E-state index in [1.165, 1.54) is 16.0 Å². The summed E-state index contributed by atoms with van der Waals surface area (Å²) in [5, 5.41) is 0. The van der Waals surface area contributed by atoms with E-state index in [-0.39, 0.29) is 17.7 Å². The van der Waals surface area contributed by atoms with E-state index >= 15 is 0 Å². The van der Waals surface area contributed by atoms with Gasteiger partial charge in [-0.05, 0) is 80.0 Å². The average molecular weight is 504 g/mol. The zero-order chi connectivity index (χ0) is 26.1. The van der Waals surface area contributed by atoms with Crippen LogP contribution in [0.25, 0.3) is 0 Å². The standard InChI is InChI=1S/C32H29N3O3/c36-30-26-15-4-5-16-27(26)31(37)34(30)19-9-13-24-21-35(32(38)28-17-6-7-18-29(28)33-24)25-14-8-12-23(20-25)22-10-2-1-3-11-22/h1-2,4-7,10,14-18,20H,3,8-9,11-13,19,21H2. The summed E-state index contributed by atoms with van der Waals surface area (Å²) in [6, 6.07) is 14.4. The second-order valence-corrected chi connectivity index (χ2v) is 9.99. The van der Waals surface area contributed by atoms with Crippen LogP contribution in [0.15, 0.2) is 101 Å². The SMILES string of the molecule is O=C1c2ccccc2N=C(CCCN2C(=O)c3ccccc3C2=O)CN1C1=CCCC(C2=CC=CCC2)=C1. The smallest absolute Gasteiger partial charge is 0.261 e. The number of para-hydroxylation sites is 1. The van der Waals surface area contributed by atoms with E-state index < -0.39 is 0 Å². The van der Waals surface area contributed by atoms with Crippen molar-refractivity contribution in [2.45, 2.75) is 38.5 Å². The lowest BCUT2D eigenvalue weighted by molar-refractivity contribution is 0.0653. The third-order valence-electron chi connectivity index (χ3n) is 7.55. The molecule has 0 saturated heterocycles. The Kier molecular flexibility index (Phi) is 6.46. The minimum Gasteiger partial charge on any atom is -0.303 e. The lowest BCUT2D eigenvalue weighted by Crippen LogP contribution is -2.35. The number of aliphatic imine (C=N–C) groups is 1. The first-order valence-electron chi connectivity index (χ1n) is 13.3. The number of carbonyl (C=O) groups excluding carboxylic acids is 3. The number of benzene rings is 2. The van der Waals surface area contributed by atoms with E-state index in [0.717, 1.165) is 37.1 Å². The van der Waals surface area contributed by atoms with Crippen molar-refractivity contribution in [1.29, 1.82) is 0 Å². The number of rotatable bonds is 6. The van der Waals surface area contributed by atoms with Crippen LogP contribution in [0, 0.1) is 0 Å². The highest BCUT2D eigenvalue weighted by atomic mass is 16.2. The number of allylic oxidation sites excluding steroid dienone is 7. The van der Waals surface area contributed by atoms with E-state index in [1.54, 1.807) is 24.3 Å². The molecule has 2 heterocycles. The molecule has 38 heavy (non-hydrogen) atoms. The second kappa shape index (κ2) is 10.2. The normalized spacial score (nSPS) is 18.9.